The number of aryl methyl sites for hydroxylation is 1. The standard InChI is InChI=1S/C11H15NO2/c1-9-3-2-4-10(7-9)11(13)8-14-6-5-12/h2-4,7H,5-6,8,12H2,1H3. The van der Waals surface area contributed by atoms with Crippen LogP contribution in [0.2, 0.25) is 0 Å². The summed E-state index contributed by atoms with van der Waals surface area (Å²) in [5.41, 5.74) is 7.02. The highest BCUT2D eigenvalue weighted by molar-refractivity contribution is 5.97. The SMILES string of the molecule is Cc1cccc(C(=O)COCCN)c1. The van der Waals surface area contributed by atoms with Gasteiger partial charge in [0.05, 0.1) is 6.61 Å². The molecule has 0 aromatic heterocycles. The van der Waals surface area contributed by atoms with Crippen molar-refractivity contribution in [1.82, 2.24) is 0 Å². The summed E-state index contributed by atoms with van der Waals surface area (Å²) >= 11 is 0. The fraction of sp³-hybridized carbons (Fsp3) is 0.364. The van der Waals surface area contributed by atoms with Gasteiger partial charge in [-0.3, -0.25) is 4.79 Å². The van der Waals surface area contributed by atoms with Gasteiger partial charge in [-0.1, -0.05) is 23.8 Å². The summed E-state index contributed by atoms with van der Waals surface area (Å²) in [6.45, 7) is 2.94. The number of rotatable bonds is 5. The van der Waals surface area contributed by atoms with E-state index in [1.165, 1.54) is 0 Å². The van der Waals surface area contributed by atoms with Crippen LogP contribution in [-0.2, 0) is 4.74 Å². The number of hydrogen-bond donors (Lipinski definition) is 1. The minimum absolute atomic E-state index is 0.00199. The van der Waals surface area contributed by atoms with Crippen molar-refractivity contribution in [3.05, 3.63) is 35.4 Å². The van der Waals surface area contributed by atoms with Crippen LogP contribution in [0.4, 0.5) is 0 Å². The highest BCUT2D eigenvalue weighted by Crippen LogP contribution is 2.04. The van der Waals surface area contributed by atoms with Crippen LogP contribution in [-0.4, -0.2) is 25.5 Å². The van der Waals surface area contributed by atoms with Crippen LogP contribution >= 0.6 is 0 Å². The number of nitrogens with two attached hydrogens (primary N) is 1. The number of ketones is 1. The second-order valence-corrected chi connectivity index (χ2v) is 3.13. The molecule has 0 radical (unpaired) electrons. The Kier molecular flexibility index (Phi) is 4.29. The van der Waals surface area contributed by atoms with Crippen LogP contribution < -0.4 is 5.73 Å². The van der Waals surface area contributed by atoms with Crippen molar-refractivity contribution in [2.24, 2.45) is 5.73 Å². The molecule has 0 unspecified atom stereocenters. The van der Waals surface area contributed by atoms with Gasteiger partial charge in [-0.05, 0) is 13.0 Å². The van der Waals surface area contributed by atoms with Crippen LogP contribution in [0.15, 0.2) is 24.3 Å². The number of Topliss-reactive ketones (excluding diaryl/α,β-unsaturated/α-hetero) is 1. The van der Waals surface area contributed by atoms with E-state index in [-0.39, 0.29) is 12.4 Å². The quantitative estimate of drug-likeness (QED) is 0.564. The number of carbonyl (C=O) groups excluding carboxylic acids is 1. The van der Waals surface area contributed by atoms with Crippen LogP contribution in [0.25, 0.3) is 0 Å². The molecule has 3 nitrogen and oxygen atoms in total. The Morgan fingerprint density at radius 1 is 1.50 bits per heavy atom. The largest absolute Gasteiger partial charge is 0.372 e. The van der Waals surface area contributed by atoms with Gasteiger partial charge in [0.15, 0.2) is 5.78 Å². The van der Waals surface area contributed by atoms with Gasteiger partial charge >= 0.3 is 0 Å². The third-order valence-electron chi connectivity index (χ3n) is 1.84. The average Bonchev–Trinajstić information content (AvgIpc) is 2.18. The molecule has 1 aromatic carbocycles. The molecule has 0 spiro atoms. The zero-order chi connectivity index (χ0) is 10.4. The molecule has 0 saturated carbocycles. The Hall–Kier alpha value is -1.19. The molecule has 0 fully saturated rings. The lowest BCUT2D eigenvalue weighted by Gasteiger charge is -2.02. The van der Waals surface area contributed by atoms with Crippen molar-refractivity contribution < 1.29 is 9.53 Å². The van der Waals surface area contributed by atoms with Crippen molar-refractivity contribution in [2.45, 2.75) is 6.92 Å². The van der Waals surface area contributed by atoms with Gasteiger partial charge in [0.25, 0.3) is 0 Å². The summed E-state index contributed by atoms with van der Waals surface area (Å²) in [6.07, 6.45) is 0. The molecule has 0 amide bonds. The highest BCUT2D eigenvalue weighted by Gasteiger charge is 2.04. The van der Waals surface area contributed by atoms with E-state index in [1.54, 1.807) is 6.07 Å². The van der Waals surface area contributed by atoms with Crippen molar-refractivity contribution >= 4 is 5.78 Å². The van der Waals surface area contributed by atoms with E-state index in [0.29, 0.717) is 18.7 Å². The second kappa shape index (κ2) is 5.52. The lowest BCUT2D eigenvalue weighted by molar-refractivity contribution is 0.0774. The third kappa shape index (κ3) is 3.28. The molecule has 0 atom stereocenters. The molecular formula is C11H15NO2. The molecule has 0 aliphatic carbocycles. The monoisotopic (exact) mass is 193 g/mol. The second-order valence-electron chi connectivity index (χ2n) is 3.13. The number of benzene rings is 1. The predicted molar refractivity (Wildman–Crippen MR) is 55.4 cm³/mol. The maximum Gasteiger partial charge on any atom is 0.188 e. The summed E-state index contributed by atoms with van der Waals surface area (Å²) in [7, 11) is 0. The molecule has 0 aliphatic rings. The summed E-state index contributed by atoms with van der Waals surface area (Å²) < 4.78 is 5.06. The molecule has 0 bridgehead atoms. The molecule has 1 rings (SSSR count). The molecule has 0 saturated heterocycles. The zero-order valence-corrected chi connectivity index (χ0v) is 8.32. The van der Waals surface area contributed by atoms with Crippen molar-refractivity contribution in [3.63, 3.8) is 0 Å². The minimum atomic E-state index is 0.00199. The molecule has 1 aromatic rings. The van der Waals surface area contributed by atoms with Gasteiger partial charge in [-0.15, -0.1) is 0 Å². The maximum atomic E-state index is 11.5. The van der Waals surface area contributed by atoms with E-state index < -0.39 is 0 Å². The van der Waals surface area contributed by atoms with Gasteiger partial charge in [0, 0.05) is 12.1 Å². The van der Waals surface area contributed by atoms with Crippen molar-refractivity contribution in [1.29, 1.82) is 0 Å². The number of carbonyl (C=O) groups is 1. The molecular weight excluding hydrogens is 178 g/mol. The first kappa shape index (κ1) is 10.9. The lowest BCUT2D eigenvalue weighted by Crippen LogP contribution is -2.14. The summed E-state index contributed by atoms with van der Waals surface area (Å²) in [4.78, 5) is 11.5. The van der Waals surface area contributed by atoms with Crippen molar-refractivity contribution in [3.8, 4) is 0 Å². The van der Waals surface area contributed by atoms with Gasteiger partial charge in [0.1, 0.15) is 6.61 Å². The van der Waals surface area contributed by atoms with E-state index in [4.69, 9.17) is 10.5 Å². The fourth-order valence-corrected chi connectivity index (χ4v) is 1.15. The lowest BCUT2D eigenvalue weighted by atomic mass is 10.1. The van der Waals surface area contributed by atoms with Crippen LogP contribution in [0.3, 0.4) is 0 Å². The van der Waals surface area contributed by atoms with Gasteiger partial charge in [0.2, 0.25) is 0 Å². The maximum absolute atomic E-state index is 11.5. The molecule has 76 valence electrons. The van der Waals surface area contributed by atoms with E-state index >= 15 is 0 Å². The topological polar surface area (TPSA) is 52.3 Å². The molecule has 0 heterocycles. The molecule has 3 heteroatoms. The number of ether oxygens (including phenoxy) is 1. The Morgan fingerprint density at radius 3 is 2.93 bits per heavy atom. The summed E-state index contributed by atoms with van der Waals surface area (Å²) in [6, 6.07) is 7.47. The summed E-state index contributed by atoms with van der Waals surface area (Å²) in [5.74, 6) is 0.00199. The van der Waals surface area contributed by atoms with Gasteiger partial charge in [-0.2, -0.15) is 0 Å². The van der Waals surface area contributed by atoms with E-state index in [1.807, 2.05) is 25.1 Å². The number of hydrogen-bond acceptors (Lipinski definition) is 3. The van der Waals surface area contributed by atoms with Crippen molar-refractivity contribution in [2.75, 3.05) is 19.8 Å². The molecule has 0 aliphatic heterocycles. The minimum Gasteiger partial charge on any atom is -0.372 e. The predicted octanol–water partition coefficient (Wildman–Crippen LogP) is 1.15. The van der Waals surface area contributed by atoms with E-state index in [2.05, 4.69) is 0 Å². The van der Waals surface area contributed by atoms with Gasteiger partial charge in [-0.25, -0.2) is 0 Å². The third-order valence-corrected chi connectivity index (χ3v) is 1.84. The van der Waals surface area contributed by atoms with Crippen LogP contribution in [0, 0.1) is 6.92 Å². The Morgan fingerprint density at radius 2 is 2.29 bits per heavy atom. The normalized spacial score (nSPS) is 10.1. The first-order chi connectivity index (χ1) is 6.74. The first-order valence-corrected chi connectivity index (χ1v) is 4.61. The fourth-order valence-electron chi connectivity index (χ4n) is 1.15. The van der Waals surface area contributed by atoms with Crippen LogP contribution in [0.5, 0.6) is 0 Å². The van der Waals surface area contributed by atoms with E-state index in [0.717, 1.165) is 5.56 Å². The Balaban J connectivity index is 2.52. The van der Waals surface area contributed by atoms with E-state index in [9.17, 15) is 4.79 Å². The molecule has 14 heavy (non-hydrogen) atoms. The summed E-state index contributed by atoms with van der Waals surface area (Å²) in [5, 5.41) is 0. The zero-order valence-electron chi connectivity index (χ0n) is 8.32. The first-order valence-electron chi connectivity index (χ1n) is 4.61. The average molecular weight is 193 g/mol. The Labute approximate surface area is 83.9 Å². The molecule has 2 N–H and O–H groups in total. The Bertz CT molecular complexity index is 310. The van der Waals surface area contributed by atoms with Crippen LogP contribution in [0.1, 0.15) is 15.9 Å². The van der Waals surface area contributed by atoms with Gasteiger partial charge < -0.3 is 10.5 Å². The highest BCUT2D eigenvalue weighted by atomic mass is 16.5. The smallest absolute Gasteiger partial charge is 0.188 e.